The average Bonchev–Trinajstić information content (AvgIpc) is 3.23. The average molecular weight is 839 g/mol. The highest BCUT2D eigenvalue weighted by molar-refractivity contribution is 4.50. The first-order valence-corrected chi connectivity index (χ1v) is 23.8. The van der Waals surface area contributed by atoms with Gasteiger partial charge in [0.1, 0.15) is 0 Å². The van der Waals surface area contributed by atoms with Crippen molar-refractivity contribution in [3.63, 3.8) is 0 Å². The Kier molecular flexibility index (Phi) is 56.1. The molecule has 350 valence electrons. The van der Waals surface area contributed by atoms with E-state index in [1.165, 1.54) is 116 Å². The lowest BCUT2D eigenvalue weighted by Crippen LogP contribution is -2.15. The molecule has 0 atom stereocenters. The summed E-state index contributed by atoms with van der Waals surface area (Å²) in [4.78, 5) is 0. The van der Waals surface area contributed by atoms with Gasteiger partial charge in [-0.15, -0.1) is 0 Å². The Morgan fingerprint density at radius 1 is 0.138 bits per heavy atom. The first kappa shape index (κ1) is 57.5. The van der Waals surface area contributed by atoms with E-state index in [1.807, 2.05) is 0 Å². The Balaban J connectivity index is 3.05. The van der Waals surface area contributed by atoms with Gasteiger partial charge in [0, 0.05) is 13.2 Å². The maximum Gasteiger partial charge on any atom is 0.0701 e. The number of hydrogen-bond acceptors (Lipinski definition) is 12. The molecule has 58 heavy (non-hydrogen) atoms. The molecule has 0 radical (unpaired) electrons. The topological polar surface area (TPSA) is 111 Å². The Bertz CT molecular complexity index is 637. The lowest BCUT2D eigenvalue weighted by atomic mass is 10.0. The fraction of sp³-hybridized carbons (Fsp3) is 1.00. The largest absolute Gasteiger partial charge is 0.379 e. The van der Waals surface area contributed by atoms with Crippen LogP contribution in [0.3, 0.4) is 0 Å². The van der Waals surface area contributed by atoms with Gasteiger partial charge < -0.3 is 56.8 Å². The van der Waals surface area contributed by atoms with Crippen molar-refractivity contribution in [1.82, 2.24) is 0 Å². The first-order chi connectivity index (χ1) is 28.9. The third-order valence-corrected chi connectivity index (χ3v) is 9.38. The molecule has 0 bridgehead atoms. The van der Waals surface area contributed by atoms with E-state index in [0.29, 0.717) is 145 Å². The van der Waals surface area contributed by atoms with Gasteiger partial charge in [-0.25, -0.2) is 0 Å². The first-order valence-electron chi connectivity index (χ1n) is 23.8. The molecule has 0 aliphatic rings. The molecule has 0 aliphatic heterocycles. The number of ether oxygens (including phenoxy) is 12. The molecule has 0 fully saturated rings. The van der Waals surface area contributed by atoms with E-state index in [2.05, 4.69) is 13.8 Å². The van der Waals surface area contributed by atoms with Crippen LogP contribution in [0.15, 0.2) is 0 Å². The Hall–Kier alpha value is -0.480. The van der Waals surface area contributed by atoms with Gasteiger partial charge in [-0.1, -0.05) is 129 Å². The lowest BCUT2D eigenvalue weighted by Gasteiger charge is -2.09. The van der Waals surface area contributed by atoms with Crippen LogP contribution in [0.25, 0.3) is 0 Å². The quantitative estimate of drug-likeness (QED) is 0.0546. The molecule has 0 spiro atoms. The van der Waals surface area contributed by atoms with Crippen LogP contribution in [-0.2, 0) is 56.8 Å². The second kappa shape index (κ2) is 56.5. The summed E-state index contributed by atoms with van der Waals surface area (Å²) in [6.45, 7) is 18.4. The van der Waals surface area contributed by atoms with E-state index in [9.17, 15) is 0 Å². The van der Waals surface area contributed by atoms with Crippen LogP contribution in [0.2, 0.25) is 0 Å². The van der Waals surface area contributed by atoms with Crippen LogP contribution in [0, 0.1) is 0 Å². The minimum atomic E-state index is 0.522. The van der Waals surface area contributed by atoms with Crippen LogP contribution in [-0.4, -0.2) is 159 Å². The Morgan fingerprint density at radius 2 is 0.259 bits per heavy atom. The summed E-state index contributed by atoms with van der Waals surface area (Å²) in [5, 5.41) is 0. The molecule has 0 rings (SSSR count). The molecule has 0 amide bonds. The molecule has 0 saturated heterocycles. The Morgan fingerprint density at radius 3 is 0.431 bits per heavy atom. The van der Waals surface area contributed by atoms with Crippen LogP contribution in [0.1, 0.15) is 142 Å². The highest BCUT2D eigenvalue weighted by atomic mass is 16.6. The second-order valence-corrected chi connectivity index (χ2v) is 14.7. The molecule has 0 saturated carbocycles. The molecule has 0 aromatic heterocycles. The molecular weight excluding hydrogens is 744 g/mol. The van der Waals surface area contributed by atoms with Crippen LogP contribution in [0.4, 0.5) is 0 Å². The van der Waals surface area contributed by atoms with E-state index < -0.39 is 0 Å². The lowest BCUT2D eigenvalue weighted by molar-refractivity contribution is -0.0284. The SMILES string of the molecule is CCCCCCCCCCCCCCCCCCOCCOCCOCCOCCOCCOCCOCCOCCOCCOCCOCCOCCCCCC. The van der Waals surface area contributed by atoms with Crippen molar-refractivity contribution in [2.45, 2.75) is 142 Å². The minimum Gasteiger partial charge on any atom is -0.379 e. The van der Waals surface area contributed by atoms with Gasteiger partial charge in [-0.05, 0) is 12.8 Å². The van der Waals surface area contributed by atoms with Crippen molar-refractivity contribution in [3.8, 4) is 0 Å². The van der Waals surface area contributed by atoms with Crippen LogP contribution < -0.4 is 0 Å². The molecule has 12 heteroatoms. The summed E-state index contributed by atoms with van der Waals surface area (Å²) in [5.41, 5.74) is 0. The van der Waals surface area contributed by atoms with Crippen molar-refractivity contribution >= 4 is 0 Å². The summed E-state index contributed by atoms with van der Waals surface area (Å²) in [6, 6.07) is 0. The smallest absolute Gasteiger partial charge is 0.0701 e. The van der Waals surface area contributed by atoms with Gasteiger partial charge in [0.2, 0.25) is 0 Å². The monoisotopic (exact) mass is 839 g/mol. The second-order valence-electron chi connectivity index (χ2n) is 14.7. The predicted molar refractivity (Wildman–Crippen MR) is 234 cm³/mol. The van der Waals surface area contributed by atoms with Gasteiger partial charge in [0.15, 0.2) is 0 Å². The molecule has 0 aliphatic carbocycles. The zero-order valence-corrected chi connectivity index (χ0v) is 38.0. The van der Waals surface area contributed by atoms with E-state index in [4.69, 9.17) is 56.8 Å². The van der Waals surface area contributed by atoms with Crippen molar-refractivity contribution in [2.24, 2.45) is 0 Å². The van der Waals surface area contributed by atoms with Crippen molar-refractivity contribution in [3.05, 3.63) is 0 Å². The summed E-state index contributed by atoms with van der Waals surface area (Å²) < 4.78 is 66.5. The standard InChI is InChI=1S/C46H94O12/c1-3-5-7-9-10-11-12-13-14-15-16-17-18-19-20-22-24-48-26-28-50-30-32-52-34-36-54-38-40-56-42-44-58-46-45-57-43-41-55-39-37-53-35-33-51-31-29-49-27-25-47-23-21-8-6-4-2/h3-46H2,1-2H3. The van der Waals surface area contributed by atoms with Crippen molar-refractivity contribution in [2.75, 3.05) is 159 Å². The maximum atomic E-state index is 5.70. The molecule has 0 heterocycles. The zero-order valence-electron chi connectivity index (χ0n) is 38.0. The molecule has 0 unspecified atom stereocenters. The van der Waals surface area contributed by atoms with E-state index >= 15 is 0 Å². The van der Waals surface area contributed by atoms with E-state index in [1.54, 1.807) is 0 Å². The molecule has 0 aromatic carbocycles. The highest BCUT2D eigenvalue weighted by Gasteiger charge is 1.99. The normalized spacial score (nSPS) is 11.7. The third kappa shape index (κ3) is 55.5. The third-order valence-electron chi connectivity index (χ3n) is 9.38. The van der Waals surface area contributed by atoms with E-state index in [0.717, 1.165) is 26.1 Å². The number of rotatable bonds is 55. The fourth-order valence-corrected chi connectivity index (χ4v) is 5.90. The summed E-state index contributed by atoms with van der Waals surface area (Å²) >= 11 is 0. The Labute approximate surface area is 357 Å². The summed E-state index contributed by atoms with van der Waals surface area (Å²) in [7, 11) is 0. The zero-order chi connectivity index (χ0) is 41.6. The predicted octanol–water partition coefficient (Wildman–Crippen LogP) is 9.03. The maximum absolute atomic E-state index is 5.70. The minimum absolute atomic E-state index is 0.522. The van der Waals surface area contributed by atoms with Crippen LogP contribution >= 0.6 is 0 Å². The fourth-order valence-electron chi connectivity index (χ4n) is 5.90. The molecule has 0 aromatic rings. The van der Waals surface area contributed by atoms with Gasteiger partial charge >= 0.3 is 0 Å². The van der Waals surface area contributed by atoms with Gasteiger partial charge in [-0.2, -0.15) is 0 Å². The molecule has 0 N–H and O–H groups in total. The van der Waals surface area contributed by atoms with Crippen molar-refractivity contribution in [1.29, 1.82) is 0 Å². The van der Waals surface area contributed by atoms with Crippen molar-refractivity contribution < 1.29 is 56.8 Å². The van der Waals surface area contributed by atoms with E-state index in [-0.39, 0.29) is 0 Å². The highest BCUT2D eigenvalue weighted by Crippen LogP contribution is 2.13. The summed E-state index contributed by atoms with van der Waals surface area (Å²) in [5.74, 6) is 0. The summed E-state index contributed by atoms with van der Waals surface area (Å²) in [6.07, 6.45) is 27.1. The van der Waals surface area contributed by atoms with Gasteiger partial charge in [-0.3, -0.25) is 0 Å². The number of unbranched alkanes of at least 4 members (excludes halogenated alkanes) is 18. The van der Waals surface area contributed by atoms with Gasteiger partial charge in [0.05, 0.1) is 145 Å². The number of hydrogen-bond donors (Lipinski definition) is 0. The van der Waals surface area contributed by atoms with Gasteiger partial charge in [0.25, 0.3) is 0 Å². The molecule has 12 nitrogen and oxygen atoms in total. The molecular formula is C46H94O12. The van der Waals surface area contributed by atoms with Crippen LogP contribution in [0.5, 0.6) is 0 Å².